The summed E-state index contributed by atoms with van der Waals surface area (Å²) in [6.45, 7) is 2.57. The van der Waals surface area contributed by atoms with Gasteiger partial charge in [0.15, 0.2) is 5.96 Å². The van der Waals surface area contributed by atoms with E-state index in [-0.39, 0.29) is 37.1 Å². The summed E-state index contributed by atoms with van der Waals surface area (Å²) in [7, 11) is 0. The highest BCUT2D eigenvalue weighted by atomic mass is 127. The third-order valence-electron chi connectivity index (χ3n) is 3.02. The molecule has 0 unspecified atom stereocenters. The zero-order chi connectivity index (χ0) is 16.0. The molecule has 0 spiro atoms. The Kier molecular flexibility index (Phi) is 7.82. The topological polar surface area (TPSA) is 73.0 Å². The Bertz CT molecular complexity index is 522. The number of pyridine rings is 1. The van der Waals surface area contributed by atoms with Crippen molar-refractivity contribution < 1.29 is 22.6 Å². The van der Waals surface area contributed by atoms with Gasteiger partial charge >= 0.3 is 6.18 Å². The number of morpholine rings is 1. The zero-order valence-electron chi connectivity index (χ0n) is 12.3. The van der Waals surface area contributed by atoms with Crippen LogP contribution >= 0.6 is 24.0 Å². The van der Waals surface area contributed by atoms with Gasteiger partial charge in [0.2, 0.25) is 5.88 Å². The molecule has 6 nitrogen and oxygen atoms in total. The molecule has 10 heteroatoms. The van der Waals surface area contributed by atoms with E-state index >= 15 is 0 Å². The summed E-state index contributed by atoms with van der Waals surface area (Å²) in [4.78, 5) is 9.54. The first-order valence-electron chi connectivity index (χ1n) is 6.76. The fraction of sp³-hybridized carbons (Fsp3) is 0.538. The van der Waals surface area contributed by atoms with Crippen LogP contribution in [0, 0.1) is 0 Å². The predicted molar refractivity (Wildman–Crippen MR) is 89.0 cm³/mol. The monoisotopic (exact) mass is 446 g/mol. The van der Waals surface area contributed by atoms with E-state index in [9.17, 15) is 13.2 Å². The van der Waals surface area contributed by atoms with Gasteiger partial charge < -0.3 is 20.1 Å². The Morgan fingerprint density at radius 1 is 1.39 bits per heavy atom. The number of nitrogens with two attached hydrogens (primary N) is 1. The molecular formula is C13H18F3IN4O2. The second-order valence-electron chi connectivity index (χ2n) is 4.54. The number of ether oxygens (including phenoxy) is 2. The first-order valence-corrected chi connectivity index (χ1v) is 6.76. The molecule has 23 heavy (non-hydrogen) atoms. The maximum Gasteiger partial charge on any atom is 0.421 e. The van der Waals surface area contributed by atoms with E-state index in [2.05, 4.69) is 9.98 Å². The molecule has 2 N–H and O–H groups in total. The second kappa shape index (κ2) is 9.11. The van der Waals surface area contributed by atoms with Crippen molar-refractivity contribution in [2.45, 2.75) is 6.18 Å². The Hall–Kier alpha value is -1.30. The van der Waals surface area contributed by atoms with Crippen molar-refractivity contribution in [3.8, 4) is 5.88 Å². The molecule has 0 radical (unpaired) electrons. The van der Waals surface area contributed by atoms with Gasteiger partial charge in [-0.3, -0.25) is 0 Å². The quantitative estimate of drug-likeness (QED) is 0.330. The summed E-state index contributed by atoms with van der Waals surface area (Å²) >= 11 is 0. The number of aromatic nitrogens is 1. The third kappa shape index (κ3) is 6.01. The number of halogens is 4. The average molecular weight is 446 g/mol. The van der Waals surface area contributed by atoms with Crippen molar-refractivity contribution >= 4 is 29.9 Å². The first kappa shape index (κ1) is 19.7. The lowest BCUT2D eigenvalue weighted by Gasteiger charge is -2.27. The number of guanidine groups is 1. The molecule has 1 aliphatic heterocycles. The molecule has 1 aliphatic rings. The van der Waals surface area contributed by atoms with Crippen LogP contribution in [-0.2, 0) is 10.9 Å². The van der Waals surface area contributed by atoms with Crippen molar-refractivity contribution in [2.24, 2.45) is 10.7 Å². The SMILES string of the molecule is I.NC(=NCCOc1ncccc1C(F)(F)F)N1CCOCC1. The van der Waals surface area contributed by atoms with Crippen LogP contribution in [0.3, 0.4) is 0 Å². The molecule has 0 saturated carbocycles. The van der Waals surface area contributed by atoms with Gasteiger partial charge in [-0.05, 0) is 12.1 Å². The Morgan fingerprint density at radius 3 is 2.74 bits per heavy atom. The maximum atomic E-state index is 12.7. The lowest BCUT2D eigenvalue weighted by Crippen LogP contribution is -2.45. The molecular weight excluding hydrogens is 428 g/mol. The summed E-state index contributed by atoms with van der Waals surface area (Å²) in [6, 6.07) is 2.14. The molecule has 1 saturated heterocycles. The molecule has 2 rings (SSSR count). The summed E-state index contributed by atoms with van der Waals surface area (Å²) in [5.74, 6) is -0.112. The molecule has 130 valence electrons. The van der Waals surface area contributed by atoms with E-state index in [0.717, 1.165) is 6.07 Å². The second-order valence-corrected chi connectivity index (χ2v) is 4.54. The standard InChI is InChI=1S/C13H17F3N4O2.HI/c14-13(15,16)10-2-1-3-18-11(10)22-7-4-19-12(17)20-5-8-21-9-6-20;/h1-3H,4-9H2,(H2,17,19);1H. The fourth-order valence-electron chi connectivity index (χ4n) is 1.92. The molecule has 0 aromatic carbocycles. The molecule has 0 bridgehead atoms. The average Bonchev–Trinajstić information content (AvgIpc) is 2.51. The number of nitrogens with zero attached hydrogens (tertiary/aromatic N) is 3. The summed E-state index contributed by atoms with van der Waals surface area (Å²) < 4.78 is 48.5. The summed E-state index contributed by atoms with van der Waals surface area (Å²) in [5, 5.41) is 0. The van der Waals surface area contributed by atoms with Crippen molar-refractivity contribution in [2.75, 3.05) is 39.5 Å². The lowest BCUT2D eigenvalue weighted by atomic mass is 10.2. The molecule has 1 fully saturated rings. The van der Waals surface area contributed by atoms with Crippen LogP contribution in [0.5, 0.6) is 5.88 Å². The van der Waals surface area contributed by atoms with Crippen LogP contribution in [0.25, 0.3) is 0 Å². The zero-order valence-corrected chi connectivity index (χ0v) is 14.6. The smallest absolute Gasteiger partial charge is 0.421 e. The largest absolute Gasteiger partial charge is 0.475 e. The number of aliphatic imine (C=N–C) groups is 1. The van der Waals surface area contributed by atoms with E-state index in [0.29, 0.717) is 32.3 Å². The number of hydrogen-bond donors (Lipinski definition) is 1. The van der Waals surface area contributed by atoms with E-state index in [1.807, 2.05) is 4.90 Å². The molecule has 1 aromatic heterocycles. The Balaban J connectivity index is 0.00000264. The molecule has 0 atom stereocenters. The first-order chi connectivity index (χ1) is 10.5. The maximum absolute atomic E-state index is 12.7. The van der Waals surface area contributed by atoms with Crippen LogP contribution in [0.4, 0.5) is 13.2 Å². The molecule has 1 aromatic rings. The van der Waals surface area contributed by atoms with Gasteiger partial charge in [0.1, 0.15) is 12.2 Å². The van der Waals surface area contributed by atoms with Gasteiger partial charge in [0.05, 0.1) is 19.8 Å². The van der Waals surface area contributed by atoms with Crippen LogP contribution < -0.4 is 10.5 Å². The van der Waals surface area contributed by atoms with Crippen molar-refractivity contribution in [1.82, 2.24) is 9.88 Å². The fourth-order valence-corrected chi connectivity index (χ4v) is 1.92. The van der Waals surface area contributed by atoms with Gasteiger partial charge in [-0.2, -0.15) is 13.2 Å². The number of rotatable bonds is 4. The lowest BCUT2D eigenvalue weighted by molar-refractivity contribution is -0.139. The normalized spacial score (nSPS) is 16.0. The Labute approximate surface area is 148 Å². The van der Waals surface area contributed by atoms with Gasteiger partial charge in [0.25, 0.3) is 0 Å². The van der Waals surface area contributed by atoms with Crippen LogP contribution in [0.15, 0.2) is 23.3 Å². The number of hydrogen-bond acceptors (Lipinski definition) is 4. The molecule has 2 heterocycles. The van der Waals surface area contributed by atoms with E-state index in [1.54, 1.807) is 0 Å². The predicted octanol–water partition coefficient (Wildman–Crippen LogP) is 1.74. The summed E-state index contributed by atoms with van der Waals surface area (Å²) in [5.41, 5.74) is 4.89. The van der Waals surface area contributed by atoms with Crippen LogP contribution in [0.2, 0.25) is 0 Å². The minimum absolute atomic E-state index is 0. The van der Waals surface area contributed by atoms with Gasteiger partial charge in [-0.15, -0.1) is 24.0 Å². The van der Waals surface area contributed by atoms with Crippen molar-refractivity contribution in [3.05, 3.63) is 23.9 Å². The summed E-state index contributed by atoms with van der Waals surface area (Å²) in [6.07, 6.45) is -3.25. The number of alkyl halides is 3. The third-order valence-corrected chi connectivity index (χ3v) is 3.02. The molecule has 0 amide bonds. The molecule has 0 aliphatic carbocycles. The highest BCUT2D eigenvalue weighted by Gasteiger charge is 2.34. The van der Waals surface area contributed by atoms with Crippen LogP contribution in [0.1, 0.15) is 5.56 Å². The highest BCUT2D eigenvalue weighted by Crippen LogP contribution is 2.34. The van der Waals surface area contributed by atoms with E-state index < -0.39 is 17.6 Å². The Morgan fingerprint density at radius 2 is 2.09 bits per heavy atom. The minimum atomic E-state index is -4.50. The van der Waals surface area contributed by atoms with Crippen molar-refractivity contribution in [3.63, 3.8) is 0 Å². The van der Waals surface area contributed by atoms with Gasteiger partial charge in [0, 0.05) is 19.3 Å². The van der Waals surface area contributed by atoms with E-state index in [1.165, 1.54) is 12.3 Å². The van der Waals surface area contributed by atoms with E-state index in [4.69, 9.17) is 15.2 Å². The minimum Gasteiger partial charge on any atom is -0.475 e. The van der Waals surface area contributed by atoms with Crippen molar-refractivity contribution in [1.29, 1.82) is 0 Å². The van der Waals surface area contributed by atoms with Gasteiger partial charge in [-0.25, -0.2) is 9.98 Å². The highest BCUT2D eigenvalue weighted by molar-refractivity contribution is 14.0. The van der Waals surface area contributed by atoms with Gasteiger partial charge in [-0.1, -0.05) is 0 Å². The van der Waals surface area contributed by atoms with Crippen LogP contribution in [-0.4, -0.2) is 55.3 Å².